The Hall–Kier alpha value is 1.38. The Bertz CT molecular complexity index is 121. The molecule has 0 aromatic rings. The molecule has 0 aliphatic rings. The van der Waals surface area contributed by atoms with Gasteiger partial charge in [-0.1, -0.05) is 0 Å². The van der Waals surface area contributed by atoms with Crippen molar-refractivity contribution < 1.29 is 21.8 Å². The maximum absolute atomic E-state index is 9.95. The summed E-state index contributed by atoms with van der Waals surface area (Å²) in [7, 11) is -4.24. The Kier molecular flexibility index (Phi) is 11.8. The molecule has 4 nitrogen and oxygen atoms in total. The van der Waals surface area contributed by atoms with Crippen molar-refractivity contribution in [2.24, 2.45) is 0 Å². The first kappa shape index (κ1) is 13.9. The van der Waals surface area contributed by atoms with Crippen molar-refractivity contribution in [1.82, 2.24) is 0 Å². The van der Waals surface area contributed by atoms with Crippen molar-refractivity contribution in [3.8, 4) is 0 Å². The van der Waals surface area contributed by atoms with E-state index in [1.165, 1.54) is 0 Å². The van der Waals surface area contributed by atoms with Crippen LogP contribution in [0.1, 0.15) is 9.27 Å². The van der Waals surface area contributed by atoms with Gasteiger partial charge >= 0.3 is 53.8 Å². The van der Waals surface area contributed by atoms with Crippen LogP contribution >= 0.6 is 16.1 Å². The van der Waals surface area contributed by atoms with Crippen LogP contribution < -0.4 is 0 Å². The Morgan fingerprint density at radius 3 is 1.60 bits per heavy atom. The van der Waals surface area contributed by atoms with Crippen molar-refractivity contribution in [3.63, 3.8) is 0 Å². The topological polar surface area (TPSA) is 74.6 Å². The molecule has 2 N–H and O–H groups in total. The van der Waals surface area contributed by atoms with Crippen LogP contribution in [0.5, 0.6) is 0 Å². The predicted molar refractivity (Wildman–Crippen MR) is 42.0 cm³/mol. The Morgan fingerprint density at radius 2 is 1.40 bits per heavy atom. The van der Waals surface area contributed by atoms with Gasteiger partial charge in [0, 0.05) is 6.42 Å². The van der Waals surface area contributed by atoms with E-state index in [0.29, 0.717) is 6.42 Å². The zero-order chi connectivity index (χ0) is 7.28. The van der Waals surface area contributed by atoms with E-state index < -0.39 is 16.1 Å². The van der Waals surface area contributed by atoms with Crippen molar-refractivity contribution in [3.05, 3.63) is 0 Å². The van der Waals surface area contributed by atoms with E-state index in [0.717, 1.165) is 0 Å². The van der Waals surface area contributed by atoms with Crippen LogP contribution in [0.2, 0.25) is 0 Å². The molecule has 0 aromatic heterocycles. The fourth-order valence-electron chi connectivity index (χ4n) is 0.341. The molecule has 0 heterocycles. The predicted octanol–water partition coefficient (Wildman–Crippen LogP) is 0.690. The molecule has 0 aliphatic carbocycles. The van der Waals surface area contributed by atoms with Gasteiger partial charge in [0.15, 0.2) is 12.3 Å². The zero-order valence-electron chi connectivity index (χ0n) is 7.43. The Labute approximate surface area is 93.7 Å². The summed E-state index contributed by atoms with van der Waals surface area (Å²) in [6.45, 7) is 0. The maximum Gasteiger partial charge on any atom is 2.00 e. The normalized spacial score (nSPS) is 11.8. The average molecular weight is 212 g/mol. The second-order valence-corrected chi connectivity index (χ2v) is 3.81. The molecular weight excluding hydrogens is 202 g/mol. The van der Waals surface area contributed by atoms with Gasteiger partial charge in [-0.05, 0) is 9.13 Å². The van der Waals surface area contributed by atoms with Crippen molar-refractivity contribution >= 4 is 53.8 Å². The molecule has 0 aliphatic heterocycles. The molecule has 0 saturated heterocycles. The standard InChI is InChI=1S/C3H6O4P2.Ca.2H/c4-8(5)2-1-3-9(6)7;;;/h1-3H2;;;/q;+2;2*-1/p+2. The number of hydrogen-bond acceptors (Lipinski definition) is 2. The van der Waals surface area contributed by atoms with E-state index in [4.69, 9.17) is 9.79 Å². The third-order valence-corrected chi connectivity index (χ3v) is 2.10. The zero-order valence-corrected chi connectivity index (χ0v) is 9.43. The summed E-state index contributed by atoms with van der Waals surface area (Å²) in [5.74, 6) is 0. The summed E-state index contributed by atoms with van der Waals surface area (Å²) in [5.41, 5.74) is 0. The second kappa shape index (κ2) is 8.48. The molecule has 0 radical (unpaired) electrons. The van der Waals surface area contributed by atoms with E-state index in [1.807, 2.05) is 0 Å². The van der Waals surface area contributed by atoms with Crippen LogP contribution in [-0.2, 0) is 9.13 Å². The van der Waals surface area contributed by atoms with Crippen molar-refractivity contribution in [1.29, 1.82) is 0 Å². The molecule has 0 rings (SSSR count). The molecule has 10 heavy (non-hydrogen) atoms. The summed E-state index contributed by atoms with van der Waals surface area (Å²) in [6, 6.07) is 0. The van der Waals surface area contributed by atoms with E-state index in [2.05, 4.69) is 0 Å². The third-order valence-electron chi connectivity index (χ3n) is 0.699. The van der Waals surface area contributed by atoms with Gasteiger partial charge in [-0.2, -0.15) is 9.79 Å². The fraction of sp³-hybridized carbons (Fsp3) is 1.00. The fourth-order valence-corrected chi connectivity index (χ4v) is 1.45. The molecule has 0 amide bonds. The molecule has 0 saturated carbocycles. The SMILES string of the molecule is O=[P+](O)CCC[P+](=O)O.[Ca+2].[H-].[H-]. The molecule has 0 aromatic carbocycles. The van der Waals surface area contributed by atoms with E-state index >= 15 is 0 Å². The summed E-state index contributed by atoms with van der Waals surface area (Å²) in [5, 5.41) is 0. The molecule has 56 valence electrons. The summed E-state index contributed by atoms with van der Waals surface area (Å²) in [4.78, 5) is 16.4. The van der Waals surface area contributed by atoms with E-state index in [1.54, 1.807) is 0 Å². The van der Waals surface area contributed by atoms with Gasteiger partial charge in [-0.25, -0.2) is 0 Å². The van der Waals surface area contributed by atoms with Crippen molar-refractivity contribution in [2.45, 2.75) is 6.42 Å². The number of hydrogen-bond donors (Lipinski definition) is 2. The van der Waals surface area contributed by atoms with Crippen LogP contribution in [0.25, 0.3) is 0 Å². The monoisotopic (exact) mass is 212 g/mol. The second-order valence-electron chi connectivity index (χ2n) is 1.51. The average Bonchev–Trinajstić information content (AvgIpc) is 1.63. The summed E-state index contributed by atoms with van der Waals surface area (Å²) < 4.78 is 19.9. The molecule has 2 atom stereocenters. The third kappa shape index (κ3) is 12.1. The van der Waals surface area contributed by atoms with Crippen LogP contribution in [-0.4, -0.2) is 59.8 Å². The minimum Gasteiger partial charge on any atom is -1.00 e. The summed E-state index contributed by atoms with van der Waals surface area (Å²) in [6.07, 6.45) is 0.589. The van der Waals surface area contributed by atoms with Gasteiger partial charge in [0.2, 0.25) is 0 Å². The van der Waals surface area contributed by atoms with Gasteiger partial charge < -0.3 is 2.85 Å². The molecular formula is C3H10CaO4P2+2. The quantitative estimate of drug-likeness (QED) is 0.531. The maximum atomic E-state index is 9.95. The van der Waals surface area contributed by atoms with Crippen LogP contribution in [0.3, 0.4) is 0 Å². The van der Waals surface area contributed by atoms with Crippen LogP contribution in [0, 0.1) is 0 Å². The molecule has 0 fully saturated rings. The minimum atomic E-state index is -2.12. The van der Waals surface area contributed by atoms with Gasteiger partial charge in [-0.15, -0.1) is 0 Å². The minimum absolute atomic E-state index is 0. The van der Waals surface area contributed by atoms with Gasteiger partial charge in [0.1, 0.15) is 0 Å². The van der Waals surface area contributed by atoms with E-state index in [-0.39, 0.29) is 52.9 Å². The molecule has 0 bridgehead atoms. The van der Waals surface area contributed by atoms with E-state index in [9.17, 15) is 9.13 Å². The van der Waals surface area contributed by atoms with Gasteiger partial charge in [0.05, 0.1) is 0 Å². The van der Waals surface area contributed by atoms with Crippen LogP contribution in [0.15, 0.2) is 0 Å². The Balaban J connectivity index is -0.000000107. The first-order chi connectivity index (χ1) is 4.13. The van der Waals surface area contributed by atoms with Gasteiger partial charge in [0.25, 0.3) is 0 Å². The van der Waals surface area contributed by atoms with Gasteiger partial charge in [-0.3, -0.25) is 0 Å². The number of rotatable bonds is 4. The smallest absolute Gasteiger partial charge is 1.00 e. The van der Waals surface area contributed by atoms with Crippen LogP contribution in [0.4, 0.5) is 0 Å². The van der Waals surface area contributed by atoms with Crippen molar-refractivity contribution in [2.75, 3.05) is 12.3 Å². The molecule has 7 heteroatoms. The largest absolute Gasteiger partial charge is 2.00 e. The first-order valence-electron chi connectivity index (χ1n) is 2.40. The molecule has 0 spiro atoms. The summed E-state index contributed by atoms with van der Waals surface area (Å²) >= 11 is 0. The molecule has 2 unspecified atom stereocenters. The first-order valence-corrected chi connectivity index (χ1v) is 5.19. The Morgan fingerprint density at radius 1 is 1.10 bits per heavy atom.